The van der Waals surface area contributed by atoms with Crippen LogP contribution in [-0.2, 0) is 19.5 Å². The van der Waals surface area contributed by atoms with Gasteiger partial charge < -0.3 is 9.51 Å². The molecule has 0 aliphatic carbocycles. The van der Waals surface area contributed by atoms with Gasteiger partial charge in [0.15, 0.2) is 0 Å². The Labute approximate surface area is 167 Å². The number of fused-ring (bicyclic) bond motifs is 1. The second kappa shape index (κ2) is 7.25. The number of hydrogen-bond acceptors (Lipinski definition) is 5. The largest absolute Gasteiger partial charge is 0.347 e. The number of benzene rings is 2. The van der Waals surface area contributed by atoms with Crippen molar-refractivity contribution in [2.24, 2.45) is 0 Å². The molecule has 0 bridgehead atoms. The van der Waals surface area contributed by atoms with Gasteiger partial charge in [-0.1, -0.05) is 47.1 Å². The van der Waals surface area contributed by atoms with Crippen molar-refractivity contribution in [1.29, 1.82) is 0 Å². The van der Waals surface area contributed by atoms with Crippen molar-refractivity contribution in [1.82, 2.24) is 25.0 Å². The van der Waals surface area contributed by atoms with E-state index in [9.17, 15) is 4.39 Å². The van der Waals surface area contributed by atoms with Gasteiger partial charge in [-0.2, -0.15) is 4.98 Å². The van der Waals surface area contributed by atoms with Crippen molar-refractivity contribution in [3.8, 4) is 11.4 Å². The van der Waals surface area contributed by atoms with Crippen LogP contribution in [-0.4, -0.2) is 25.0 Å². The molecule has 0 amide bonds. The highest BCUT2D eigenvalue weighted by molar-refractivity contribution is 5.54. The van der Waals surface area contributed by atoms with Gasteiger partial charge in [0.1, 0.15) is 5.82 Å². The van der Waals surface area contributed by atoms with E-state index < -0.39 is 0 Å². The molecule has 1 N–H and O–H groups in total. The molecule has 6 nitrogen and oxygen atoms in total. The van der Waals surface area contributed by atoms with Crippen LogP contribution in [0.4, 0.5) is 4.39 Å². The lowest BCUT2D eigenvalue weighted by atomic mass is 10.0. The molecule has 0 saturated heterocycles. The van der Waals surface area contributed by atoms with E-state index >= 15 is 0 Å². The van der Waals surface area contributed by atoms with Gasteiger partial charge in [-0.3, -0.25) is 4.90 Å². The van der Waals surface area contributed by atoms with E-state index in [2.05, 4.69) is 25.0 Å². The summed E-state index contributed by atoms with van der Waals surface area (Å²) in [4.78, 5) is 14.6. The number of H-pyrrole nitrogens is 1. The Bertz CT molecular complexity index is 1120. The van der Waals surface area contributed by atoms with E-state index in [1.807, 2.05) is 31.2 Å². The number of aromatic amines is 1. The fraction of sp³-hybridized carbons (Fsp3) is 0.227. The van der Waals surface area contributed by atoms with Crippen molar-refractivity contribution in [2.75, 3.05) is 0 Å². The highest BCUT2D eigenvalue weighted by Crippen LogP contribution is 2.33. The number of nitrogens with zero attached hydrogens (tertiary/aromatic N) is 4. The maximum atomic E-state index is 13.3. The van der Waals surface area contributed by atoms with Crippen molar-refractivity contribution < 1.29 is 8.91 Å². The Morgan fingerprint density at radius 1 is 1.14 bits per heavy atom. The molecule has 0 fully saturated rings. The van der Waals surface area contributed by atoms with E-state index in [-0.39, 0.29) is 11.9 Å². The van der Waals surface area contributed by atoms with Crippen LogP contribution < -0.4 is 0 Å². The van der Waals surface area contributed by atoms with Gasteiger partial charge in [-0.15, -0.1) is 0 Å². The zero-order valence-corrected chi connectivity index (χ0v) is 16.0. The average molecular weight is 389 g/mol. The summed E-state index contributed by atoms with van der Waals surface area (Å²) in [5.74, 6) is 0.908. The van der Waals surface area contributed by atoms with Crippen LogP contribution in [0.2, 0.25) is 0 Å². The number of hydrogen-bond donors (Lipinski definition) is 1. The summed E-state index contributed by atoms with van der Waals surface area (Å²) in [5, 5.41) is 4.20. The molecule has 0 saturated carbocycles. The van der Waals surface area contributed by atoms with Crippen LogP contribution in [0, 0.1) is 12.7 Å². The van der Waals surface area contributed by atoms with E-state index in [0.29, 0.717) is 31.2 Å². The molecule has 2 aromatic carbocycles. The standard InChI is InChI=1S/C22H20FN5O/c1-14-2-6-16(7-3-14)21-26-22(29-27-21)20-10-18-19(25-13-24-18)12-28(20)11-15-4-8-17(23)9-5-15/h2-9,13,20H,10-12H2,1H3,(H,24,25). The average Bonchev–Trinajstić information content (AvgIpc) is 3.39. The van der Waals surface area contributed by atoms with Crippen LogP contribution in [0.1, 0.15) is 34.4 Å². The van der Waals surface area contributed by atoms with E-state index in [1.54, 1.807) is 18.5 Å². The zero-order chi connectivity index (χ0) is 19.8. The Balaban J connectivity index is 1.45. The number of aromatic nitrogens is 4. The molecule has 0 spiro atoms. The monoisotopic (exact) mass is 389 g/mol. The summed E-state index contributed by atoms with van der Waals surface area (Å²) < 4.78 is 19.0. The fourth-order valence-electron chi connectivity index (χ4n) is 3.71. The summed E-state index contributed by atoms with van der Waals surface area (Å²) in [7, 11) is 0. The quantitative estimate of drug-likeness (QED) is 0.566. The number of nitrogens with one attached hydrogen (secondary N) is 1. The van der Waals surface area contributed by atoms with Crippen LogP contribution in [0.3, 0.4) is 0 Å². The highest BCUT2D eigenvalue weighted by atomic mass is 19.1. The molecule has 1 aliphatic rings. The summed E-state index contributed by atoms with van der Waals surface area (Å²) in [6.07, 6.45) is 2.39. The number of aryl methyl sites for hydroxylation is 1. The normalized spacial score (nSPS) is 16.7. The molecular weight excluding hydrogens is 369 g/mol. The van der Waals surface area contributed by atoms with E-state index in [4.69, 9.17) is 4.52 Å². The predicted octanol–water partition coefficient (Wildman–Crippen LogP) is 4.21. The molecule has 0 radical (unpaired) electrons. The van der Waals surface area contributed by atoms with Crippen LogP contribution in [0.5, 0.6) is 0 Å². The molecule has 3 heterocycles. The minimum Gasteiger partial charge on any atom is -0.347 e. The lowest BCUT2D eigenvalue weighted by molar-refractivity contribution is 0.128. The van der Waals surface area contributed by atoms with Crippen LogP contribution >= 0.6 is 0 Å². The predicted molar refractivity (Wildman–Crippen MR) is 105 cm³/mol. The van der Waals surface area contributed by atoms with Crippen molar-refractivity contribution >= 4 is 0 Å². The first-order chi connectivity index (χ1) is 14.2. The topological polar surface area (TPSA) is 70.8 Å². The lowest BCUT2D eigenvalue weighted by Crippen LogP contribution is -2.34. The molecule has 5 rings (SSSR count). The Kier molecular flexibility index (Phi) is 4.44. The minimum absolute atomic E-state index is 0.0949. The van der Waals surface area contributed by atoms with Gasteiger partial charge in [0.2, 0.25) is 11.7 Å². The number of rotatable bonds is 4. The molecule has 2 aromatic heterocycles. The van der Waals surface area contributed by atoms with E-state index in [1.165, 1.54) is 17.7 Å². The van der Waals surface area contributed by atoms with Crippen molar-refractivity contribution in [3.05, 3.63) is 89.1 Å². The molecular formula is C22H20FN5O. The van der Waals surface area contributed by atoms with Crippen LogP contribution in [0.15, 0.2) is 59.4 Å². The Morgan fingerprint density at radius 3 is 2.72 bits per heavy atom. The molecule has 4 aromatic rings. The smallest absolute Gasteiger partial charge is 0.244 e. The van der Waals surface area contributed by atoms with Crippen molar-refractivity contribution in [3.63, 3.8) is 0 Å². The minimum atomic E-state index is -0.237. The van der Waals surface area contributed by atoms with Gasteiger partial charge in [0.25, 0.3) is 0 Å². The van der Waals surface area contributed by atoms with Gasteiger partial charge >= 0.3 is 0 Å². The zero-order valence-electron chi connectivity index (χ0n) is 16.0. The van der Waals surface area contributed by atoms with Crippen molar-refractivity contribution in [2.45, 2.75) is 32.5 Å². The van der Waals surface area contributed by atoms with Crippen LogP contribution in [0.25, 0.3) is 11.4 Å². The third-order valence-corrected chi connectivity index (χ3v) is 5.33. The third kappa shape index (κ3) is 3.56. The second-order valence-electron chi connectivity index (χ2n) is 7.40. The number of halogens is 1. The summed E-state index contributed by atoms with van der Waals surface area (Å²) >= 11 is 0. The fourth-order valence-corrected chi connectivity index (χ4v) is 3.71. The Hall–Kier alpha value is -3.32. The maximum Gasteiger partial charge on any atom is 0.244 e. The summed E-state index contributed by atoms with van der Waals surface area (Å²) in [6, 6.07) is 14.5. The first-order valence-electron chi connectivity index (χ1n) is 9.56. The molecule has 1 aliphatic heterocycles. The first kappa shape index (κ1) is 17.8. The summed E-state index contributed by atoms with van der Waals surface area (Å²) in [6.45, 7) is 3.37. The molecule has 7 heteroatoms. The van der Waals surface area contributed by atoms with Gasteiger partial charge in [0.05, 0.1) is 23.8 Å². The third-order valence-electron chi connectivity index (χ3n) is 5.33. The lowest BCUT2D eigenvalue weighted by Gasteiger charge is -2.32. The summed E-state index contributed by atoms with van der Waals surface area (Å²) in [5.41, 5.74) is 5.23. The molecule has 1 atom stereocenters. The van der Waals surface area contributed by atoms with Gasteiger partial charge in [-0.05, 0) is 24.6 Å². The van der Waals surface area contributed by atoms with Gasteiger partial charge in [0, 0.05) is 25.1 Å². The Morgan fingerprint density at radius 2 is 1.93 bits per heavy atom. The second-order valence-corrected chi connectivity index (χ2v) is 7.40. The number of imidazole rings is 1. The molecule has 146 valence electrons. The highest BCUT2D eigenvalue weighted by Gasteiger charge is 2.33. The van der Waals surface area contributed by atoms with Gasteiger partial charge in [-0.25, -0.2) is 9.37 Å². The SMILES string of the molecule is Cc1ccc(-c2noc(C3Cc4nc[nH]c4CN3Cc3ccc(F)cc3)n2)cc1. The molecule has 1 unspecified atom stereocenters. The van der Waals surface area contributed by atoms with E-state index in [0.717, 1.165) is 22.5 Å². The molecule has 29 heavy (non-hydrogen) atoms. The maximum absolute atomic E-state index is 13.3. The first-order valence-corrected chi connectivity index (χ1v) is 9.56.